The van der Waals surface area contributed by atoms with Crippen LogP contribution < -0.4 is 5.32 Å². The van der Waals surface area contributed by atoms with Crippen LogP contribution in [-0.2, 0) is 12.6 Å². The normalized spacial score (nSPS) is 9.31. The van der Waals surface area contributed by atoms with Gasteiger partial charge in [0.25, 0.3) is 0 Å². The third-order valence-corrected chi connectivity index (χ3v) is 2.22. The fourth-order valence-electron chi connectivity index (χ4n) is 1.03. The van der Waals surface area contributed by atoms with Crippen molar-refractivity contribution in [2.75, 3.05) is 13.2 Å². The fourth-order valence-corrected chi connectivity index (χ4v) is 1.19. The van der Waals surface area contributed by atoms with Gasteiger partial charge in [-0.1, -0.05) is 13.0 Å². The van der Waals surface area contributed by atoms with Gasteiger partial charge in [-0.3, -0.25) is 0 Å². The van der Waals surface area contributed by atoms with Gasteiger partial charge in [-0.05, 0) is 19.3 Å². The molecule has 0 spiro atoms. The first-order chi connectivity index (χ1) is 7.70. The summed E-state index contributed by atoms with van der Waals surface area (Å²) in [5, 5.41) is 2.58. The average molecular weight is 341 g/mol. The van der Waals surface area contributed by atoms with Gasteiger partial charge in [-0.15, -0.1) is 0 Å². The number of rotatable bonds is 8. The van der Waals surface area contributed by atoms with Crippen LogP contribution in [0.2, 0.25) is 0 Å². The van der Waals surface area contributed by atoms with E-state index in [2.05, 4.69) is 15.0 Å². The van der Waals surface area contributed by atoms with Gasteiger partial charge in [0.05, 0.1) is 6.61 Å². The number of ether oxygens (including phenoxy) is 1. The van der Waals surface area contributed by atoms with Crippen LogP contribution >= 0.6 is 23.0 Å². The third-order valence-electron chi connectivity index (χ3n) is 1.82. The molecule has 0 heterocycles. The molecular formula is C10H16INO4. The molecule has 0 aliphatic heterocycles. The quantitative estimate of drug-likeness (QED) is 0.319. The number of amides is 1. The second-order valence-corrected chi connectivity index (χ2v) is 3.52. The molecule has 0 unspecified atom stereocenters. The van der Waals surface area contributed by atoms with Gasteiger partial charge < -0.3 is 13.1 Å². The highest BCUT2D eigenvalue weighted by Gasteiger charge is 1.98. The molecule has 0 saturated carbocycles. The summed E-state index contributed by atoms with van der Waals surface area (Å²) in [5.41, 5.74) is 0. The highest BCUT2D eigenvalue weighted by molar-refractivity contribution is 14.1. The predicted molar refractivity (Wildman–Crippen MR) is 68.1 cm³/mol. The first-order valence-corrected chi connectivity index (χ1v) is 5.94. The van der Waals surface area contributed by atoms with Crippen molar-refractivity contribution in [1.29, 1.82) is 0 Å². The van der Waals surface area contributed by atoms with Crippen molar-refractivity contribution in [2.24, 2.45) is 0 Å². The van der Waals surface area contributed by atoms with Crippen LogP contribution in [0.4, 0.5) is 4.79 Å². The second-order valence-electron chi connectivity index (χ2n) is 3.08. The zero-order valence-electron chi connectivity index (χ0n) is 9.04. The van der Waals surface area contributed by atoms with Crippen molar-refractivity contribution >= 4 is 35.1 Å². The molecule has 0 aromatic heterocycles. The summed E-state index contributed by atoms with van der Waals surface area (Å²) in [6.07, 6.45) is 4.40. The van der Waals surface area contributed by atoms with Crippen molar-refractivity contribution in [3.63, 3.8) is 0 Å². The maximum atomic E-state index is 10.7. The molecule has 5 nitrogen and oxygen atoms in total. The van der Waals surface area contributed by atoms with Gasteiger partial charge in [0, 0.05) is 12.6 Å². The lowest BCUT2D eigenvalue weighted by Gasteiger charge is -2.03. The number of hydrogen-bond donors (Lipinski definition) is 1. The van der Waals surface area contributed by atoms with E-state index in [9.17, 15) is 9.59 Å². The minimum Gasteiger partial charge on any atom is -0.463 e. The summed E-state index contributed by atoms with van der Waals surface area (Å²) < 4.78 is 9.19. The maximum absolute atomic E-state index is 10.7. The molecule has 1 N–H and O–H groups in total. The van der Waals surface area contributed by atoms with Gasteiger partial charge in [0.1, 0.15) is 0 Å². The van der Waals surface area contributed by atoms with Crippen molar-refractivity contribution in [3.05, 3.63) is 12.7 Å². The molecule has 0 atom stereocenters. The van der Waals surface area contributed by atoms with E-state index >= 15 is 0 Å². The first kappa shape index (κ1) is 15.2. The lowest BCUT2D eigenvalue weighted by atomic mass is 10.2. The van der Waals surface area contributed by atoms with Gasteiger partial charge >= 0.3 is 12.1 Å². The van der Waals surface area contributed by atoms with Crippen LogP contribution in [0.25, 0.3) is 0 Å². The standard InChI is InChI=1S/C10H16INO4/c1-2-9(13)15-8-6-4-3-5-7-12-10(14)16-11/h2H,1,3-8H2,(H,12,14). The largest absolute Gasteiger partial charge is 0.463 e. The van der Waals surface area contributed by atoms with Crippen LogP contribution in [-0.4, -0.2) is 25.2 Å². The van der Waals surface area contributed by atoms with E-state index in [0.717, 1.165) is 31.8 Å². The summed E-state index contributed by atoms with van der Waals surface area (Å²) in [6, 6.07) is 0. The lowest BCUT2D eigenvalue weighted by Crippen LogP contribution is -2.22. The van der Waals surface area contributed by atoms with Gasteiger partial charge in [-0.2, -0.15) is 0 Å². The number of halogens is 1. The minimum absolute atomic E-state index is 0.383. The Morgan fingerprint density at radius 3 is 2.56 bits per heavy atom. The average Bonchev–Trinajstić information content (AvgIpc) is 2.31. The van der Waals surface area contributed by atoms with E-state index in [1.165, 1.54) is 23.0 Å². The van der Waals surface area contributed by atoms with Gasteiger partial charge in [0.15, 0.2) is 23.0 Å². The molecule has 0 aromatic carbocycles. The zero-order chi connectivity index (χ0) is 12.2. The minimum atomic E-state index is -0.416. The number of carbonyl (C=O) groups excluding carboxylic acids is 2. The van der Waals surface area contributed by atoms with E-state index in [0.29, 0.717) is 13.2 Å². The van der Waals surface area contributed by atoms with Crippen molar-refractivity contribution < 1.29 is 17.4 Å². The van der Waals surface area contributed by atoms with Crippen molar-refractivity contribution in [1.82, 2.24) is 5.32 Å². The van der Waals surface area contributed by atoms with Gasteiger partial charge in [-0.25, -0.2) is 9.59 Å². The van der Waals surface area contributed by atoms with E-state index in [1.807, 2.05) is 0 Å². The summed E-state index contributed by atoms with van der Waals surface area (Å²) in [7, 11) is 0. The molecule has 0 aliphatic carbocycles. The number of hydrogen-bond acceptors (Lipinski definition) is 4. The SMILES string of the molecule is C=CC(=O)OCCCCCCNC(=O)OI. The molecule has 1 amide bonds. The Balaban J connectivity index is 3.13. The Labute approximate surface area is 109 Å². The molecule has 0 radical (unpaired) electrons. The fraction of sp³-hybridized carbons (Fsp3) is 0.600. The van der Waals surface area contributed by atoms with Crippen LogP contribution in [0.3, 0.4) is 0 Å². The molecule has 16 heavy (non-hydrogen) atoms. The Bertz CT molecular complexity index is 233. The zero-order valence-corrected chi connectivity index (χ0v) is 11.2. The molecule has 6 heteroatoms. The van der Waals surface area contributed by atoms with E-state index in [1.54, 1.807) is 0 Å². The van der Waals surface area contributed by atoms with Crippen LogP contribution in [0.15, 0.2) is 12.7 Å². The monoisotopic (exact) mass is 341 g/mol. The third kappa shape index (κ3) is 9.75. The number of carbonyl (C=O) groups is 2. The topological polar surface area (TPSA) is 64.6 Å². The van der Waals surface area contributed by atoms with Gasteiger partial charge in [0.2, 0.25) is 0 Å². The molecule has 0 bridgehead atoms. The highest BCUT2D eigenvalue weighted by atomic mass is 127. The van der Waals surface area contributed by atoms with E-state index < -0.39 is 6.09 Å². The van der Waals surface area contributed by atoms with E-state index in [-0.39, 0.29) is 5.97 Å². The number of nitrogens with one attached hydrogen (secondary N) is 1. The Kier molecular flexibility index (Phi) is 10.2. The Morgan fingerprint density at radius 2 is 1.94 bits per heavy atom. The summed E-state index contributed by atoms with van der Waals surface area (Å²) in [4.78, 5) is 21.3. The molecule has 0 fully saturated rings. The molecule has 0 aliphatic rings. The Hall–Kier alpha value is -0.790. The first-order valence-electron chi connectivity index (χ1n) is 5.06. The summed E-state index contributed by atoms with van der Waals surface area (Å²) >= 11 is 1.53. The van der Waals surface area contributed by atoms with Crippen LogP contribution in [0.5, 0.6) is 0 Å². The predicted octanol–water partition coefficient (Wildman–Crippen LogP) is 2.35. The Morgan fingerprint density at radius 1 is 1.25 bits per heavy atom. The smallest absolute Gasteiger partial charge is 0.416 e. The summed E-state index contributed by atoms with van der Waals surface area (Å²) in [5.74, 6) is -0.383. The van der Waals surface area contributed by atoms with Crippen molar-refractivity contribution in [3.8, 4) is 0 Å². The van der Waals surface area contributed by atoms with Crippen LogP contribution in [0.1, 0.15) is 25.7 Å². The molecule has 0 saturated heterocycles. The van der Waals surface area contributed by atoms with E-state index in [4.69, 9.17) is 4.74 Å². The molecule has 0 aromatic rings. The summed E-state index contributed by atoms with van der Waals surface area (Å²) in [6.45, 7) is 4.33. The molecule has 92 valence electrons. The van der Waals surface area contributed by atoms with Crippen LogP contribution in [0, 0.1) is 0 Å². The number of unbranched alkanes of at least 4 members (excludes halogenated alkanes) is 3. The molecular weight excluding hydrogens is 325 g/mol. The van der Waals surface area contributed by atoms with Crippen molar-refractivity contribution in [2.45, 2.75) is 25.7 Å². The lowest BCUT2D eigenvalue weighted by molar-refractivity contribution is -0.137. The maximum Gasteiger partial charge on any atom is 0.416 e. The molecule has 0 rings (SSSR count). The second kappa shape index (κ2) is 10.7. The number of esters is 1. The highest BCUT2D eigenvalue weighted by Crippen LogP contribution is 2.00.